The second-order valence-electron chi connectivity index (χ2n) is 11.3. The highest BCUT2D eigenvalue weighted by Gasteiger charge is 2.86. The summed E-state index contributed by atoms with van der Waals surface area (Å²) in [5, 5.41) is 0. The monoisotopic (exact) mass is 484 g/mol. The van der Waals surface area contributed by atoms with Crippen molar-refractivity contribution < 1.29 is 37.9 Å². The van der Waals surface area contributed by atoms with Crippen molar-refractivity contribution in [1.82, 2.24) is 0 Å². The lowest BCUT2D eigenvalue weighted by molar-refractivity contribution is -0.203. The van der Waals surface area contributed by atoms with E-state index in [2.05, 4.69) is 31.8 Å². The van der Waals surface area contributed by atoms with Crippen LogP contribution in [0.5, 0.6) is 0 Å². The van der Waals surface area contributed by atoms with Crippen LogP contribution >= 0.6 is 0 Å². The second kappa shape index (κ2) is 9.26. The second-order valence-corrected chi connectivity index (χ2v) is 16.9. The summed E-state index contributed by atoms with van der Waals surface area (Å²) in [6.45, 7) is 8.49. The van der Waals surface area contributed by atoms with Gasteiger partial charge in [0.05, 0.1) is 29.8 Å². The van der Waals surface area contributed by atoms with Gasteiger partial charge in [0.25, 0.3) is 0 Å². The predicted octanol–water partition coefficient (Wildman–Crippen LogP) is 2.94. The Balaban J connectivity index is 1.43. The van der Waals surface area contributed by atoms with Crippen molar-refractivity contribution in [2.24, 2.45) is 11.3 Å². The van der Waals surface area contributed by atoms with E-state index in [0.717, 1.165) is 31.9 Å². The van der Waals surface area contributed by atoms with Gasteiger partial charge in [-0.3, -0.25) is 0 Å². The minimum absolute atomic E-state index is 0.0630. The number of rotatable bonds is 12. The van der Waals surface area contributed by atoms with E-state index in [9.17, 15) is 0 Å². The molecular formula is C24H40O8Si. The number of epoxide rings is 2. The number of hydrogen-bond acceptors (Lipinski definition) is 8. The van der Waals surface area contributed by atoms with Crippen LogP contribution in [0.3, 0.4) is 0 Å². The summed E-state index contributed by atoms with van der Waals surface area (Å²) in [5.41, 5.74) is -0.810. The smallest absolute Gasteiger partial charge is 0.147 e. The first-order valence-corrected chi connectivity index (χ1v) is 16.0. The summed E-state index contributed by atoms with van der Waals surface area (Å²) in [6.07, 6.45) is 6.92. The molecule has 0 aromatic rings. The molecule has 0 aromatic carbocycles. The van der Waals surface area contributed by atoms with Crippen LogP contribution in [0.15, 0.2) is 12.2 Å². The average Bonchev–Trinajstić information content (AvgIpc) is 3.68. The quantitative estimate of drug-likeness (QED) is 0.138. The molecule has 2 heterocycles. The maximum atomic E-state index is 6.63. The lowest BCUT2D eigenvalue weighted by Gasteiger charge is -2.44. The molecule has 8 nitrogen and oxygen atoms in total. The summed E-state index contributed by atoms with van der Waals surface area (Å²) in [6, 6.07) is 1.12. The zero-order chi connectivity index (χ0) is 23.3. The van der Waals surface area contributed by atoms with Crippen molar-refractivity contribution in [2.45, 2.75) is 87.2 Å². The van der Waals surface area contributed by atoms with Crippen molar-refractivity contribution in [3.63, 3.8) is 0 Å². The minimum atomic E-state index is -1.15. The SMILES string of the molecule is COCO[C@@H]1[C@H](OCOC)C[C@@H]2C=C[C@H]3O[C@H]3[C@@]3(CC[C@@H]4O[C@]413)[C@@H]2OCOCC[Si](C)(C)C. The van der Waals surface area contributed by atoms with Gasteiger partial charge in [-0.05, 0) is 25.3 Å². The van der Waals surface area contributed by atoms with Crippen LogP contribution in [0.2, 0.25) is 25.7 Å². The topological polar surface area (TPSA) is 80.4 Å². The highest BCUT2D eigenvalue weighted by molar-refractivity contribution is 6.76. The standard InChI is InChI=1S/C24H40O8Si/c1-25-13-28-18-12-16-6-7-17-21(31-17)23(20(16)30-15-27-10-11-33(3,4)5)9-8-19-24(23,32-19)22(18)29-14-26-2/h6-7,16-22H,8-15H2,1-5H3/t16-,17+,18+,19-,20+,21+,22+,23+,24+/m0/s1. The Kier molecular flexibility index (Phi) is 6.83. The van der Waals surface area contributed by atoms with E-state index in [1.807, 2.05) is 0 Å². The van der Waals surface area contributed by atoms with Crippen LogP contribution in [-0.2, 0) is 37.9 Å². The van der Waals surface area contributed by atoms with Crippen LogP contribution < -0.4 is 0 Å². The largest absolute Gasteiger partial charge is 0.364 e. The molecule has 0 unspecified atom stereocenters. The van der Waals surface area contributed by atoms with Gasteiger partial charge in [-0.25, -0.2) is 0 Å². The first-order valence-electron chi connectivity index (χ1n) is 12.3. The molecule has 9 heteroatoms. The molecule has 4 fully saturated rings. The van der Waals surface area contributed by atoms with Crippen LogP contribution in [0.4, 0.5) is 0 Å². The van der Waals surface area contributed by atoms with Gasteiger partial charge in [0.2, 0.25) is 0 Å². The Hall–Kier alpha value is -0.363. The van der Waals surface area contributed by atoms with E-state index in [4.69, 9.17) is 37.9 Å². The average molecular weight is 485 g/mol. The van der Waals surface area contributed by atoms with Crippen LogP contribution in [-0.4, -0.2) is 91.5 Å². The third kappa shape index (κ3) is 4.17. The van der Waals surface area contributed by atoms with E-state index >= 15 is 0 Å². The highest BCUT2D eigenvalue weighted by atomic mass is 28.3. The Labute approximate surface area is 198 Å². The molecule has 2 aliphatic heterocycles. The summed E-state index contributed by atoms with van der Waals surface area (Å²) >= 11 is 0. The minimum Gasteiger partial charge on any atom is -0.364 e. The van der Waals surface area contributed by atoms with Gasteiger partial charge in [0.1, 0.15) is 38.2 Å². The molecule has 0 amide bonds. The first kappa shape index (κ1) is 24.3. The maximum absolute atomic E-state index is 6.63. The summed E-state index contributed by atoms with van der Waals surface area (Å²) in [5.74, 6) is 0.153. The number of ether oxygens (including phenoxy) is 8. The van der Waals surface area contributed by atoms with Crippen molar-refractivity contribution >= 4 is 8.07 Å². The van der Waals surface area contributed by atoms with E-state index in [0.29, 0.717) is 0 Å². The lowest BCUT2D eigenvalue weighted by Crippen LogP contribution is -2.58. The van der Waals surface area contributed by atoms with Gasteiger partial charge in [0, 0.05) is 34.8 Å². The fourth-order valence-corrected chi connectivity index (χ4v) is 7.42. The van der Waals surface area contributed by atoms with Crippen molar-refractivity contribution in [3.8, 4) is 0 Å². The zero-order valence-electron chi connectivity index (χ0n) is 20.6. The van der Waals surface area contributed by atoms with Gasteiger partial charge >= 0.3 is 0 Å². The number of fused-ring (bicyclic) bond motifs is 2. The molecule has 2 spiro atoms. The molecule has 5 aliphatic rings. The Morgan fingerprint density at radius 2 is 1.73 bits per heavy atom. The molecule has 9 atom stereocenters. The van der Waals surface area contributed by atoms with Gasteiger partial charge in [-0.2, -0.15) is 0 Å². The molecule has 2 bridgehead atoms. The molecular weight excluding hydrogens is 444 g/mol. The van der Waals surface area contributed by atoms with E-state index in [-0.39, 0.29) is 68.3 Å². The summed E-state index contributed by atoms with van der Waals surface area (Å²) < 4.78 is 48.5. The Bertz CT molecular complexity index is 728. The normalized spacial score (nSPS) is 45.1. The fraction of sp³-hybridized carbons (Fsp3) is 0.917. The van der Waals surface area contributed by atoms with Crippen molar-refractivity contribution in [3.05, 3.63) is 12.2 Å². The number of hydrogen-bond donors (Lipinski definition) is 0. The van der Waals surface area contributed by atoms with E-state index in [1.165, 1.54) is 0 Å². The van der Waals surface area contributed by atoms with Gasteiger partial charge in [0.15, 0.2) is 0 Å². The van der Waals surface area contributed by atoms with Crippen molar-refractivity contribution in [2.75, 3.05) is 41.2 Å². The highest BCUT2D eigenvalue weighted by Crippen LogP contribution is 2.73. The Morgan fingerprint density at radius 3 is 2.45 bits per heavy atom. The van der Waals surface area contributed by atoms with Gasteiger partial charge < -0.3 is 37.9 Å². The van der Waals surface area contributed by atoms with Gasteiger partial charge in [-0.1, -0.05) is 31.8 Å². The first-order chi connectivity index (χ1) is 15.9. The fourth-order valence-electron chi connectivity index (χ4n) is 6.66. The molecule has 33 heavy (non-hydrogen) atoms. The maximum Gasteiger partial charge on any atom is 0.147 e. The van der Waals surface area contributed by atoms with Crippen LogP contribution in [0, 0.1) is 11.3 Å². The lowest BCUT2D eigenvalue weighted by atomic mass is 9.66. The molecule has 5 rings (SSSR count). The van der Waals surface area contributed by atoms with Crippen molar-refractivity contribution in [1.29, 1.82) is 0 Å². The molecule has 0 radical (unpaired) electrons. The molecule has 2 saturated heterocycles. The predicted molar refractivity (Wildman–Crippen MR) is 123 cm³/mol. The van der Waals surface area contributed by atoms with E-state index in [1.54, 1.807) is 14.2 Å². The zero-order valence-corrected chi connectivity index (χ0v) is 21.6. The Morgan fingerprint density at radius 1 is 0.970 bits per heavy atom. The third-order valence-corrected chi connectivity index (χ3v) is 9.85. The third-order valence-electron chi connectivity index (χ3n) is 8.14. The number of methoxy groups -OCH3 is 2. The van der Waals surface area contributed by atoms with Crippen LogP contribution in [0.25, 0.3) is 0 Å². The van der Waals surface area contributed by atoms with Gasteiger partial charge in [-0.15, -0.1) is 0 Å². The molecule has 2 saturated carbocycles. The van der Waals surface area contributed by atoms with Crippen LogP contribution in [0.1, 0.15) is 19.3 Å². The summed E-state index contributed by atoms with van der Waals surface area (Å²) in [7, 11) is 2.14. The molecule has 3 aliphatic carbocycles. The molecule has 0 aromatic heterocycles. The molecule has 188 valence electrons. The van der Waals surface area contributed by atoms with E-state index < -0.39 is 13.7 Å². The molecule has 0 N–H and O–H groups in total. The summed E-state index contributed by atoms with van der Waals surface area (Å²) in [4.78, 5) is 0.